The lowest BCUT2D eigenvalue weighted by molar-refractivity contribution is 0.227. The van der Waals surface area contributed by atoms with Gasteiger partial charge in [-0.3, -0.25) is 4.90 Å². The molecule has 0 unspecified atom stereocenters. The lowest BCUT2D eigenvalue weighted by atomic mass is 10.1. The molecule has 0 spiro atoms. The van der Waals surface area contributed by atoms with Gasteiger partial charge in [0.15, 0.2) is 0 Å². The third-order valence-electron chi connectivity index (χ3n) is 3.25. The van der Waals surface area contributed by atoms with Crippen LogP contribution in [0.2, 0.25) is 0 Å². The summed E-state index contributed by atoms with van der Waals surface area (Å²) >= 11 is 1.84. The first kappa shape index (κ1) is 9.37. The Kier molecular flexibility index (Phi) is 2.08. The molecule has 1 aliphatic rings. The Morgan fingerprint density at radius 1 is 1.20 bits per heavy atom. The lowest BCUT2D eigenvalue weighted by Crippen LogP contribution is -2.24. The topological polar surface area (TPSA) is 3.24 Å². The fourth-order valence-electron chi connectivity index (χ4n) is 2.25. The van der Waals surface area contributed by atoms with Crippen molar-refractivity contribution in [3.63, 3.8) is 0 Å². The number of hydrogen-bond donors (Lipinski definition) is 0. The highest BCUT2D eigenvalue weighted by atomic mass is 32.1. The van der Waals surface area contributed by atoms with E-state index in [4.69, 9.17) is 0 Å². The average molecular weight is 217 g/mol. The van der Waals surface area contributed by atoms with Crippen LogP contribution in [-0.2, 0) is 13.1 Å². The van der Waals surface area contributed by atoms with E-state index in [0.29, 0.717) is 6.04 Å². The molecule has 0 N–H and O–H groups in total. The molecule has 0 atom stereocenters. The zero-order chi connectivity index (χ0) is 10.4. The summed E-state index contributed by atoms with van der Waals surface area (Å²) in [5, 5.41) is 3.59. The normalized spacial score (nSPS) is 16.5. The van der Waals surface area contributed by atoms with Crippen LogP contribution in [0.1, 0.15) is 25.0 Å². The minimum Gasteiger partial charge on any atom is -0.292 e. The summed E-state index contributed by atoms with van der Waals surface area (Å²) in [5.41, 5.74) is 3.05. The molecule has 0 radical (unpaired) electrons. The van der Waals surface area contributed by atoms with Gasteiger partial charge in [0, 0.05) is 23.8 Å². The quantitative estimate of drug-likeness (QED) is 0.705. The SMILES string of the molecule is CC(C)N1Cc2cc3ccsc3cc2C1. The monoisotopic (exact) mass is 217 g/mol. The van der Waals surface area contributed by atoms with Gasteiger partial charge in [-0.2, -0.15) is 0 Å². The van der Waals surface area contributed by atoms with Gasteiger partial charge in [-0.05, 0) is 53.9 Å². The Bertz CT molecular complexity index is 458. The largest absolute Gasteiger partial charge is 0.292 e. The van der Waals surface area contributed by atoms with Crippen molar-refractivity contribution < 1.29 is 0 Å². The van der Waals surface area contributed by atoms with Crippen molar-refractivity contribution in [3.8, 4) is 0 Å². The van der Waals surface area contributed by atoms with Crippen molar-refractivity contribution in [1.29, 1.82) is 0 Å². The van der Waals surface area contributed by atoms with E-state index in [1.165, 1.54) is 21.2 Å². The second kappa shape index (κ2) is 3.32. The summed E-state index contributed by atoms with van der Waals surface area (Å²) < 4.78 is 1.43. The van der Waals surface area contributed by atoms with Crippen LogP contribution in [-0.4, -0.2) is 10.9 Å². The number of fused-ring (bicyclic) bond motifs is 2. The first-order valence-corrected chi connectivity index (χ1v) is 6.35. The highest BCUT2D eigenvalue weighted by molar-refractivity contribution is 7.17. The van der Waals surface area contributed by atoms with Crippen LogP contribution >= 0.6 is 11.3 Å². The molecule has 0 aliphatic carbocycles. The molecular formula is C13H15NS. The number of nitrogens with zero attached hydrogens (tertiary/aromatic N) is 1. The van der Waals surface area contributed by atoms with Gasteiger partial charge >= 0.3 is 0 Å². The maximum atomic E-state index is 2.52. The van der Waals surface area contributed by atoms with Crippen LogP contribution in [0.5, 0.6) is 0 Å². The Morgan fingerprint density at radius 2 is 1.93 bits per heavy atom. The molecule has 3 rings (SSSR count). The van der Waals surface area contributed by atoms with E-state index in [2.05, 4.69) is 42.3 Å². The molecule has 0 bridgehead atoms. The van der Waals surface area contributed by atoms with Gasteiger partial charge in [-0.1, -0.05) is 0 Å². The summed E-state index contributed by atoms with van der Waals surface area (Å²) in [6.07, 6.45) is 0. The van der Waals surface area contributed by atoms with Gasteiger partial charge in [0.05, 0.1) is 0 Å². The fraction of sp³-hybridized carbons (Fsp3) is 0.385. The minimum absolute atomic E-state index is 0.649. The van der Waals surface area contributed by atoms with Gasteiger partial charge < -0.3 is 0 Å². The molecule has 1 nitrogen and oxygen atoms in total. The van der Waals surface area contributed by atoms with E-state index in [9.17, 15) is 0 Å². The van der Waals surface area contributed by atoms with Gasteiger partial charge in [0.2, 0.25) is 0 Å². The van der Waals surface area contributed by atoms with Gasteiger partial charge in [-0.15, -0.1) is 11.3 Å². The molecule has 78 valence electrons. The molecule has 2 heterocycles. The van der Waals surface area contributed by atoms with Crippen LogP contribution in [0, 0.1) is 0 Å². The van der Waals surface area contributed by atoms with E-state index in [1.807, 2.05) is 11.3 Å². The molecule has 1 aromatic carbocycles. The molecule has 0 saturated heterocycles. The summed E-state index contributed by atoms with van der Waals surface area (Å²) in [6.45, 7) is 6.79. The van der Waals surface area contributed by atoms with Crippen LogP contribution in [0.15, 0.2) is 23.6 Å². The summed E-state index contributed by atoms with van der Waals surface area (Å²) in [6, 6.07) is 7.61. The molecule has 0 amide bonds. The Balaban J connectivity index is 2.06. The second-order valence-corrected chi connectivity index (χ2v) is 5.53. The third kappa shape index (κ3) is 1.48. The van der Waals surface area contributed by atoms with Gasteiger partial charge in [0.25, 0.3) is 0 Å². The van der Waals surface area contributed by atoms with Gasteiger partial charge in [0.1, 0.15) is 0 Å². The molecule has 2 aromatic rings. The van der Waals surface area contributed by atoms with Crippen molar-refractivity contribution in [2.75, 3.05) is 0 Å². The molecule has 2 heteroatoms. The van der Waals surface area contributed by atoms with E-state index in [1.54, 1.807) is 0 Å². The molecule has 0 saturated carbocycles. The van der Waals surface area contributed by atoms with Crippen molar-refractivity contribution in [2.45, 2.75) is 33.0 Å². The smallest absolute Gasteiger partial charge is 0.0346 e. The second-order valence-electron chi connectivity index (χ2n) is 4.58. The first-order chi connectivity index (χ1) is 7.24. The Morgan fingerprint density at radius 3 is 2.67 bits per heavy atom. The highest BCUT2D eigenvalue weighted by Crippen LogP contribution is 2.31. The zero-order valence-electron chi connectivity index (χ0n) is 9.16. The zero-order valence-corrected chi connectivity index (χ0v) is 9.97. The number of thiophene rings is 1. The number of rotatable bonds is 1. The summed E-state index contributed by atoms with van der Waals surface area (Å²) in [5.74, 6) is 0. The minimum atomic E-state index is 0.649. The third-order valence-corrected chi connectivity index (χ3v) is 4.13. The fourth-order valence-corrected chi connectivity index (χ4v) is 3.09. The maximum absolute atomic E-state index is 2.52. The molecule has 0 fully saturated rings. The average Bonchev–Trinajstić information content (AvgIpc) is 2.77. The number of hydrogen-bond acceptors (Lipinski definition) is 2. The maximum Gasteiger partial charge on any atom is 0.0346 e. The summed E-state index contributed by atoms with van der Waals surface area (Å²) in [7, 11) is 0. The lowest BCUT2D eigenvalue weighted by Gasteiger charge is -2.18. The van der Waals surface area contributed by atoms with Crippen molar-refractivity contribution in [2.24, 2.45) is 0 Å². The molecular weight excluding hydrogens is 202 g/mol. The highest BCUT2D eigenvalue weighted by Gasteiger charge is 2.21. The van der Waals surface area contributed by atoms with Crippen LogP contribution in [0.3, 0.4) is 0 Å². The van der Waals surface area contributed by atoms with E-state index < -0.39 is 0 Å². The van der Waals surface area contributed by atoms with Crippen molar-refractivity contribution >= 4 is 21.4 Å². The van der Waals surface area contributed by atoms with Crippen LogP contribution in [0.25, 0.3) is 10.1 Å². The Hall–Kier alpha value is -0.860. The molecule has 1 aromatic heterocycles. The predicted octanol–water partition coefficient (Wildman–Crippen LogP) is 3.63. The molecule has 15 heavy (non-hydrogen) atoms. The van der Waals surface area contributed by atoms with E-state index in [-0.39, 0.29) is 0 Å². The predicted molar refractivity (Wildman–Crippen MR) is 66.2 cm³/mol. The van der Waals surface area contributed by atoms with Gasteiger partial charge in [-0.25, -0.2) is 0 Å². The standard InChI is InChI=1S/C13H15NS/c1-9(2)14-7-11-5-10-3-4-15-13(10)6-12(11)8-14/h3-6,9H,7-8H2,1-2H3. The van der Waals surface area contributed by atoms with Crippen molar-refractivity contribution in [3.05, 3.63) is 34.7 Å². The van der Waals surface area contributed by atoms with E-state index >= 15 is 0 Å². The first-order valence-electron chi connectivity index (χ1n) is 5.47. The van der Waals surface area contributed by atoms with Crippen molar-refractivity contribution in [1.82, 2.24) is 4.90 Å². The number of benzene rings is 1. The molecule has 1 aliphatic heterocycles. The van der Waals surface area contributed by atoms with E-state index in [0.717, 1.165) is 13.1 Å². The Labute approximate surface area is 94.3 Å². The van der Waals surface area contributed by atoms with Crippen LogP contribution < -0.4 is 0 Å². The summed E-state index contributed by atoms with van der Waals surface area (Å²) in [4.78, 5) is 2.52. The van der Waals surface area contributed by atoms with Crippen LogP contribution in [0.4, 0.5) is 0 Å².